The lowest BCUT2D eigenvalue weighted by Gasteiger charge is -2.31. The zero-order valence-corrected chi connectivity index (χ0v) is 9.54. The van der Waals surface area contributed by atoms with Crippen molar-refractivity contribution < 1.29 is 8.78 Å². The third-order valence-corrected chi connectivity index (χ3v) is 2.79. The van der Waals surface area contributed by atoms with Crippen LogP contribution in [0.4, 0.5) is 14.7 Å². The van der Waals surface area contributed by atoms with Gasteiger partial charge in [-0.15, -0.1) is 0 Å². The summed E-state index contributed by atoms with van der Waals surface area (Å²) in [5, 5.41) is 0. The van der Waals surface area contributed by atoms with Crippen LogP contribution in [-0.4, -0.2) is 29.0 Å². The van der Waals surface area contributed by atoms with E-state index in [0.717, 1.165) is 4.47 Å². The van der Waals surface area contributed by atoms with Crippen molar-refractivity contribution >= 4 is 21.9 Å². The van der Waals surface area contributed by atoms with Gasteiger partial charge in [0, 0.05) is 38.3 Å². The van der Waals surface area contributed by atoms with Crippen molar-refractivity contribution in [2.75, 3.05) is 18.0 Å². The lowest BCUT2D eigenvalue weighted by atomic mass is 10.1. The van der Waals surface area contributed by atoms with Gasteiger partial charge in [-0.1, -0.05) is 0 Å². The van der Waals surface area contributed by atoms with Crippen LogP contribution in [0.5, 0.6) is 0 Å². The van der Waals surface area contributed by atoms with Gasteiger partial charge in [0.25, 0.3) is 5.92 Å². The molecule has 0 spiro atoms. The maximum Gasteiger partial charge on any atom is 0.251 e. The van der Waals surface area contributed by atoms with E-state index in [1.165, 1.54) is 0 Å². The lowest BCUT2D eigenvalue weighted by Crippen LogP contribution is -2.40. The molecule has 1 aromatic rings. The van der Waals surface area contributed by atoms with Crippen molar-refractivity contribution in [3.8, 4) is 0 Å². The minimum atomic E-state index is -2.52. The van der Waals surface area contributed by atoms with Gasteiger partial charge in [-0.05, 0) is 15.9 Å². The highest BCUT2D eigenvalue weighted by molar-refractivity contribution is 9.10. The minimum Gasteiger partial charge on any atom is -0.340 e. The molecule has 0 radical (unpaired) electrons. The maximum atomic E-state index is 12.9. The quantitative estimate of drug-likeness (QED) is 0.790. The molecule has 2 heterocycles. The summed E-state index contributed by atoms with van der Waals surface area (Å²) < 4.78 is 26.6. The lowest BCUT2D eigenvalue weighted by molar-refractivity contribution is -0.0222. The fourth-order valence-electron chi connectivity index (χ4n) is 1.50. The van der Waals surface area contributed by atoms with Gasteiger partial charge in [-0.2, -0.15) is 0 Å². The number of aromatic nitrogens is 2. The summed E-state index contributed by atoms with van der Waals surface area (Å²) in [4.78, 5) is 9.93. The van der Waals surface area contributed by atoms with Crippen LogP contribution >= 0.6 is 15.9 Å². The van der Waals surface area contributed by atoms with Gasteiger partial charge in [0.15, 0.2) is 0 Å². The fraction of sp³-hybridized carbons (Fsp3) is 0.556. The second kappa shape index (κ2) is 4.00. The Morgan fingerprint density at radius 1 is 1.20 bits per heavy atom. The predicted octanol–water partition coefficient (Wildman–Crippen LogP) is 2.47. The molecule has 1 aliphatic rings. The predicted molar refractivity (Wildman–Crippen MR) is 56.1 cm³/mol. The van der Waals surface area contributed by atoms with Crippen molar-refractivity contribution in [1.82, 2.24) is 9.97 Å². The molecule has 0 unspecified atom stereocenters. The van der Waals surface area contributed by atoms with Gasteiger partial charge in [-0.3, -0.25) is 0 Å². The molecule has 0 bridgehead atoms. The van der Waals surface area contributed by atoms with E-state index < -0.39 is 5.92 Å². The summed E-state index contributed by atoms with van der Waals surface area (Å²) >= 11 is 3.22. The van der Waals surface area contributed by atoms with Crippen LogP contribution in [-0.2, 0) is 0 Å². The summed E-state index contributed by atoms with van der Waals surface area (Å²) in [5.74, 6) is -2.00. The molecule has 2 rings (SSSR count). The second-order valence-corrected chi connectivity index (χ2v) is 4.46. The number of piperidine rings is 1. The van der Waals surface area contributed by atoms with E-state index >= 15 is 0 Å². The first-order valence-corrected chi connectivity index (χ1v) is 5.46. The molecule has 0 amide bonds. The third-order valence-electron chi connectivity index (χ3n) is 2.38. The van der Waals surface area contributed by atoms with E-state index in [4.69, 9.17) is 0 Å². The summed E-state index contributed by atoms with van der Waals surface area (Å²) in [6, 6.07) is 0. The molecular weight excluding hydrogens is 268 g/mol. The first-order chi connectivity index (χ1) is 7.07. The van der Waals surface area contributed by atoms with E-state index in [0.29, 0.717) is 19.0 Å². The van der Waals surface area contributed by atoms with Gasteiger partial charge in [0.1, 0.15) is 0 Å². The molecule has 1 fully saturated rings. The standard InChI is InChI=1S/C9H10BrF2N3/c10-7-5-13-8(14-6-7)15-3-1-9(11,12)2-4-15/h5-6H,1-4H2. The Hall–Kier alpha value is -0.780. The molecule has 1 aromatic heterocycles. The van der Waals surface area contributed by atoms with E-state index in [1.807, 2.05) is 0 Å². The van der Waals surface area contributed by atoms with Crippen LogP contribution in [0, 0.1) is 0 Å². The molecule has 1 saturated heterocycles. The van der Waals surface area contributed by atoms with Crippen molar-refractivity contribution in [1.29, 1.82) is 0 Å². The van der Waals surface area contributed by atoms with Gasteiger partial charge in [0.2, 0.25) is 5.95 Å². The van der Waals surface area contributed by atoms with Crippen LogP contribution < -0.4 is 4.90 Å². The van der Waals surface area contributed by atoms with E-state index in [-0.39, 0.29) is 12.8 Å². The highest BCUT2D eigenvalue weighted by Crippen LogP contribution is 2.29. The molecule has 15 heavy (non-hydrogen) atoms. The molecule has 0 aromatic carbocycles. The SMILES string of the molecule is FC1(F)CCN(c2ncc(Br)cn2)CC1. The normalized spacial score (nSPS) is 20.3. The number of nitrogens with zero attached hydrogens (tertiary/aromatic N) is 3. The second-order valence-electron chi connectivity index (χ2n) is 3.54. The van der Waals surface area contributed by atoms with Gasteiger partial charge in [0.05, 0.1) is 4.47 Å². The van der Waals surface area contributed by atoms with E-state index in [1.54, 1.807) is 17.3 Å². The number of halogens is 3. The van der Waals surface area contributed by atoms with E-state index in [9.17, 15) is 8.78 Å². The molecule has 1 aliphatic heterocycles. The summed E-state index contributed by atoms with van der Waals surface area (Å²) in [6.07, 6.45) is 3.00. The molecule has 3 nitrogen and oxygen atoms in total. The smallest absolute Gasteiger partial charge is 0.251 e. The Kier molecular flexibility index (Phi) is 2.86. The molecule has 82 valence electrons. The van der Waals surface area contributed by atoms with Gasteiger partial charge >= 0.3 is 0 Å². The zero-order valence-electron chi connectivity index (χ0n) is 7.96. The van der Waals surface area contributed by atoms with E-state index in [2.05, 4.69) is 25.9 Å². The van der Waals surface area contributed by atoms with Crippen molar-refractivity contribution in [2.24, 2.45) is 0 Å². The van der Waals surface area contributed by atoms with Crippen molar-refractivity contribution in [3.63, 3.8) is 0 Å². The Labute approximate surface area is 94.6 Å². The zero-order chi connectivity index (χ0) is 10.9. The summed E-state index contributed by atoms with van der Waals surface area (Å²) in [7, 11) is 0. The Morgan fingerprint density at radius 3 is 2.27 bits per heavy atom. The average Bonchev–Trinajstić information content (AvgIpc) is 2.20. The topological polar surface area (TPSA) is 29.0 Å². The number of hydrogen-bond acceptors (Lipinski definition) is 3. The number of anilines is 1. The highest BCUT2D eigenvalue weighted by Gasteiger charge is 2.34. The number of hydrogen-bond donors (Lipinski definition) is 0. The van der Waals surface area contributed by atoms with Crippen molar-refractivity contribution in [2.45, 2.75) is 18.8 Å². The molecule has 0 saturated carbocycles. The summed E-state index contributed by atoms with van der Waals surface area (Å²) in [5.41, 5.74) is 0. The van der Waals surface area contributed by atoms with Crippen molar-refractivity contribution in [3.05, 3.63) is 16.9 Å². The van der Waals surface area contributed by atoms with Gasteiger partial charge in [-0.25, -0.2) is 18.7 Å². The molecular formula is C9H10BrF2N3. The third kappa shape index (κ3) is 2.62. The molecule has 0 atom stereocenters. The Balaban J connectivity index is 2.04. The van der Waals surface area contributed by atoms with Crippen LogP contribution in [0.2, 0.25) is 0 Å². The maximum absolute atomic E-state index is 12.9. The van der Waals surface area contributed by atoms with Crippen LogP contribution in [0.1, 0.15) is 12.8 Å². The molecule has 0 aliphatic carbocycles. The van der Waals surface area contributed by atoms with Crippen LogP contribution in [0.15, 0.2) is 16.9 Å². The first-order valence-electron chi connectivity index (χ1n) is 4.67. The Bertz CT molecular complexity index is 332. The first kappa shape index (κ1) is 10.7. The molecule has 6 heteroatoms. The molecule has 0 N–H and O–H groups in total. The van der Waals surface area contributed by atoms with Crippen LogP contribution in [0.3, 0.4) is 0 Å². The van der Waals surface area contributed by atoms with Gasteiger partial charge < -0.3 is 4.90 Å². The largest absolute Gasteiger partial charge is 0.340 e. The average molecular weight is 278 g/mol. The van der Waals surface area contributed by atoms with Crippen LogP contribution in [0.25, 0.3) is 0 Å². The fourth-order valence-corrected chi connectivity index (χ4v) is 1.71. The number of rotatable bonds is 1. The highest BCUT2D eigenvalue weighted by atomic mass is 79.9. The minimum absolute atomic E-state index is 0.119. The Morgan fingerprint density at radius 2 is 1.73 bits per heavy atom. The summed E-state index contributed by atoms with van der Waals surface area (Å²) in [6.45, 7) is 0.628. The monoisotopic (exact) mass is 277 g/mol. The number of alkyl halides is 2.